The Bertz CT molecular complexity index is 451. The molecule has 0 bridgehead atoms. The van der Waals surface area contributed by atoms with Crippen molar-refractivity contribution in [3.8, 4) is 0 Å². The lowest BCUT2D eigenvalue weighted by Crippen LogP contribution is -2.50. The first kappa shape index (κ1) is 20.9. The third-order valence-electron chi connectivity index (χ3n) is 6.47. The van der Waals surface area contributed by atoms with Gasteiger partial charge in [0.2, 0.25) is 0 Å². The number of hydrogen-bond donors (Lipinski definition) is 3. The second kappa shape index (κ2) is 10.6. The fourth-order valence-electron chi connectivity index (χ4n) is 4.64. The van der Waals surface area contributed by atoms with Gasteiger partial charge in [-0.15, -0.1) is 0 Å². The average molecular weight is 381 g/mol. The number of nitrogens with one attached hydrogen (secondary N) is 2. The van der Waals surface area contributed by atoms with Crippen LogP contribution in [0.15, 0.2) is 4.99 Å². The molecule has 0 spiro atoms. The van der Waals surface area contributed by atoms with E-state index in [2.05, 4.69) is 22.5 Å². The molecule has 0 radical (unpaired) electrons. The highest BCUT2D eigenvalue weighted by molar-refractivity contribution is 5.80. The van der Waals surface area contributed by atoms with Crippen molar-refractivity contribution in [3.63, 3.8) is 0 Å². The maximum absolute atomic E-state index is 10.6. The molecule has 0 unspecified atom stereocenters. The van der Waals surface area contributed by atoms with Crippen molar-refractivity contribution in [1.82, 2.24) is 15.5 Å². The van der Waals surface area contributed by atoms with Gasteiger partial charge in [-0.05, 0) is 38.5 Å². The number of hydrogen-bond acceptors (Lipinski definition) is 4. The number of piperidine rings is 1. The second-order valence-electron chi connectivity index (χ2n) is 8.76. The Morgan fingerprint density at radius 3 is 2.48 bits per heavy atom. The molecule has 6 heteroatoms. The summed E-state index contributed by atoms with van der Waals surface area (Å²) in [5, 5.41) is 17.6. The molecule has 0 aromatic carbocycles. The molecule has 0 aromatic heterocycles. The van der Waals surface area contributed by atoms with Crippen LogP contribution in [-0.2, 0) is 4.74 Å². The molecule has 2 aliphatic heterocycles. The smallest absolute Gasteiger partial charge is 0.191 e. The molecule has 0 atom stereocenters. The molecular weight excluding hydrogens is 340 g/mol. The van der Waals surface area contributed by atoms with E-state index in [0.717, 1.165) is 18.4 Å². The van der Waals surface area contributed by atoms with Crippen LogP contribution < -0.4 is 10.6 Å². The summed E-state index contributed by atoms with van der Waals surface area (Å²) in [7, 11) is 0. The van der Waals surface area contributed by atoms with Gasteiger partial charge in [-0.1, -0.05) is 19.3 Å². The zero-order valence-electron chi connectivity index (χ0n) is 17.2. The lowest BCUT2D eigenvalue weighted by Gasteiger charge is -2.36. The molecule has 3 aliphatic rings. The van der Waals surface area contributed by atoms with Crippen molar-refractivity contribution in [3.05, 3.63) is 0 Å². The molecule has 27 heavy (non-hydrogen) atoms. The summed E-state index contributed by atoms with van der Waals surface area (Å²) in [4.78, 5) is 7.36. The minimum atomic E-state index is -0.704. The monoisotopic (exact) mass is 380 g/mol. The van der Waals surface area contributed by atoms with Crippen LogP contribution in [0, 0.1) is 5.92 Å². The standard InChI is InChI=1S/C21H40N4O2/c1-2-22-20(23-17-21(26)10-14-27-15-11-21)24-19-8-12-25(13-9-19)16-18-6-4-3-5-7-18/h18-19,26H,2-17H2,1H3,(H2,22,23,24). The minimum Gasteiger partial charge on any atom is -0.388 e. The Kier molecular flexibility index (Phi) is 8.22. The maximum atomic E-state index is 10.6. The van der Waals surface area contributed by atoms with E-state index in [1.165, 1.54) is 64.6 Å². The predicted octanol–water partition coefficient (Wildman–Crippen LogP) is 2.13. The molecule has 0 amide bonds. The Morgan fingerprint density at radius 1 is 1.11 bits per heavy atom. The summed E-state index contributed by atoms with van der Waals surface area (Å²) in [6.07, 6.45) is 10.9. The number of aliphatic imine (C=N–C) groups is 1. The van der Waals surface area contributed by atoms with Crippen molar-refractivity contribution in [1.29, 1.82) is 0 Å². The lowest BCUT2D eigenvalue weighted by molar-refractivity contribution is -0.0566. The molecule has 1 saturated carbocycles. The topological polar surface area (TPSA) is 69.1 Å². The molecule has 1 aliphatic carbocycles. The van der Waals surface area contributed by atoms with E-state index in [9.17, 15) is 5.11 Å². The minimum absolute atomic E-state index is 0.451. The third kappa shape index (κ3) is 6.91. The van der Waals surface area contributed by atoms with E-state index in [4.69, 9.17) is 9.73 Å². The highest BCUT2D eigenvalue weighted by Gasteiger charge is 2.30. The van der Waals surface area contributed by atoms with E-state index in [0.29, 0.717) is 38.6 Å². The van der Waals surface area contributed by atoms with E-state index >= 15 is 0 Å². The molecule has 156 valence electrons. The van der Waals surface area contributed by atoms with Gasteiger partial charge in [0, 0.05) is 58.3 Å². The summed E-state index contributed by atoms with van der Waals surface area (Å²) in [5.74, 6) is 1.78. The SMILES string of the molecule is CCNC(=NCC1(O)CCOCC1)NC1CCN(CC2CCCCC2)CC1. The zero-order chi connectivity index (χ0) is 19.0. The summed E-state index contributed by atoms with van der Waals surface area (Å²) < 4.78 is 5.36. The van der Waals surface area contributed by atoms with E-state index in [1.807, 2.05) is 0 Å². The Balaban J connectivity index is 1.42. The highest BCUT2D eigenvalue weighted by Crippen LogP contribution is 2.25. The van der Waals surface area contributed by atoms with Crippen molar-refractivity contribution in [2.45, 2.75) is 76.4 Å². The Morgan fingerprint density at radius 2 is 1.81 bits per heavy atom. The van der Waals surface area contributed by atoms with Gasteiger partial charge >= 0.3 is 0 Å². The van der Waals surface area contributed by atoms with Crippen molar-refractivity contribution in [2.75, 3.05) is 45.9 Å². The number of likely N-dealkylation sites (tertiary alicyclic amines) is 1. The maximum Gasteiger partial charge on any atom is 0.191 e. The van der Waals surface area contributed by atoms with Gasteiger partial charge in [-0.2, -0.15) is 0 Å². The van der Waals surface area contributed by atoms with Crippen LogP contribution in [0.25, 0.3) is 0 Å². The number of aliphatic hydroxyl groups is 1. The van der Waals surface area contributed by atoms with Crippen LogP contribution >= 0.6 is 0 Å². The van der Waals surface area contributed by atoms with E-state index in [-0.39, 0.29) is 0 Å². The molecule has 2 saturated heterocycles. The Labute approximate surface area is 165 Å². The van der Waals surface area contributed by atoms with Gasteiger partial charge in [0.05, 0.1) is 12.1 Å². The van der Waals surface area contributed by atoms with Gasteiger partial charge in [0.25, 0.3) is 0 Å². The van der Waals surface area contributed by atoms with Gasteiger partial charge in [0.1, 0.15) is 0 Å². The van der Waals surface area contributed by atoms with Gasteiger partial charge in [-0.3, -0.25) is 4.99 Å². The van der Waals surface area contributed by atoms with Crippen LogP contribution in [0.4, 0.5) is 0 Å². The van der Waals surface area contributed by atoms with E-state index in [1.54, 1.807) is 0 Å². The first-order valence-electron chi connectivity index (χ1n) is 11.2. The van der Waals surface area contributed by atoms with Gasteiger partial charge < -0.3 is 25.4 Å². The van der Waals surface area contributed by atoms with Crippen LogP contribution in [0.5, 0.6) is 0 Å². The third-order valence-corrected chi connectivity index (χ3v) is 6.47. The first-order valence-corrected chi connectivity index (χ1v) is 11.2. The summed E-state index contributed by atoms with van der Waals surface area (Å²) in [6.45, 7) is 8.33. The van der Waals surface area contributed by atoms with Crippen LogP contribution in [0.1, 0.15) is 64.7 Å². The molecular formula is C21H40N4O2. The summed E-state index contributed by atoms with van der Waals surface area (Å²) >= 11 is 0. The van der Waals surface area contributed by atoms with Crippen LogP contribution in [0.3, 0.4) is 0 Å². The quantitative estimate of drug-likeness (QED) is 0.486. The largest absolute Gasteiger partial charge is 0.388 e. The first-order chi connectivity index (χ1) is 13.2. The van der Waals surface area contributed by atoms with Crippen molar-refractivity contribution < 1.29 is 9.84 Å². The molecule has 3 N–H and O–H groups in total. The molecule has 3 fully saturated rings. The number of ether oxygens (including phenoxy) is 1. The number of nitrogens with zero attached hydrogens (tertiary/aromatic N) is 2. The van der Waals surface area contributed by atoms with Crippen LogP contribution in [0.2, 0.25) is 0 Å². The molecule has 3 rings (SSSR count). The highest BCUT2D eigenvalue weighted by atomic mass is 16.5. The molecule has 6 nitrogen and oxygen atoms in total. The summed E-state index contributed by atoms with van der Waals surface area (Å²) in [5.41, 5.74) is -0.704. The zero-order valence-corrected chi connectivity index (χ0v) is 17.2. The predicted molar refractivity (Wildman–Crippen MR) is 110 cm³/mol. The fraction of sp³-hybridized carbons (Fsp3) is 0.952. The van der Waals surface area contributed by atoms with Crippen molar-refractivity contribution >= 4 is 5.96 Å². The normalized spacial score (nSPS) is 26.1. The van der Waals surface area contributed by atoms with Gasteiger partial charge in [0.15, 0.2) is 5.96 Å². The molecule has 0 aromatic rings. The molecule has 2 heterocycles. The second-order valence-corrected chi connectivity index (χ2v) is 8.76. The fourth-order valence-corrected chi connectivity index (χ4v) is 4.64. The van der Waals surface area contributed by atoms with Crippen LogP contribution in [-0.4, -0.2) is 73.5 Å². The lowest BCUT2D eigenvalue weighted by atomic mass is 9.88. The van der Waals surface area contributed by atoms with E-state index < -0.39 is 5.60 Å². The van der Waals surface area contributed by atoms with Crippen molar-refractivity contribution in [2.24, 2.45) is 10.9 Å². The number of guanidine groups is 1. The van der Waals surface area contributed by atoms with Gasteiger partial charge in [-0.25, -0.2) is 0 Å². The Hall–Kier alpha value is -0.850. The number of rotatable bonds is 6. The summed E-state index contributed by atoms with van der Waals surface area (Å²) in [6, 6.07) is 0.481. The average Bonchev–Trinajstić information content (AvgIpc) is 2.69.